The van der Waals surface area contributed by atoms with E-state index in [-0.39, 0.29) is 31.1 Å². The largest absolute Gasteiger partial charge is 0.462 e. The minimum absolute atomic E-state index is 0.0624. The Morgan fingerprint density at radius 2 is 0.446 bits per heavy atom. The van der Waals surface area contributed by atoms with Gasteiger partial charge in [0, 0.05) is 19.3 Å². The molecule has 0 spiro atoms. The van der Waals surface area contributed by atoms with Gasteiger partial charge >= 0.3 is 17.9 Å². The average Bonchev–Trinajstić information content (AvgIpc) is 3.40. The second kappa shape index (κ2) is 63.7. The number of esters is 3. The summed E-state index contributed by atoms with van der Waals surface area (Å²) in [5.74, 6) is -0.831. The molecule has 0 saturated carbocycles. The molecule has 0 aromatic heterocycles. The van der Waals surface area contributed by atoms with Crippen LogP contribution in [-0.2, 0) is 28.6 Å². The normalized spacial score (nSPS) is 12.0. The molecule has 0 fully saturated rings. The van der Waals surface area contributed by atoms with Gasteiger partial charge in [0.15, 0.2) is 6.10 Å². The van der Waals surface area contributed by atoms with Gasteiger partial charge in [0.2, 0.25) is 0 Å². The molecule has 0 saturated heterocycles. The van der Waals surface area contributed by atoms with Crippen LogP contribution in [-0.4, -0.2) is 37.2 Å². The van der Waals surface area contributed by atoms with Gasteiger partial charge in [-0.15, -0.1) is 0 Å². The van der Waals surface area contributed by atoms with Crippen LogP contribution >= 0.6 is 0 Å². The zero-order valence-electron chi connectivity index (χ0n) is 50.4. The second-order valence-electron chi connectivity index (χ2n) is 23.1. The molecular formula is C68H130O6. The third-order valence-electron chi connectivity index (χ3n) is 15.5. The first-order valence-electron chi connectivity index (χ1n) is 33.7. The van der Waals surface area contributed by atoms with Crippen LogP contribution in [0.1, 0.15) is 387 Å². The van der Waals surface area contributed by atoms with Crippen LogP contribution in [0.3, 0.4) is 0 Å². The highest BCUT2D eigenvalue weighted by Gasteiger charge is 2.19. The minimum atomic E-state index is -0.763. The summed E-state index contributed by atoms with van der Waals surface area (Å²) < 4.78 is 16.9. The molecule has 0 aliphatic carbocycles. The summed E-state index contributed by atoms with van der Waals surface area (Å²) >= 11 is 0. The van der Waals surface area contributed by atoms with Gasteiger partial charge < -0.3 is 14.2 Å². The molecule has 74 heavy (non-hydrogen) atoms. The van der Waals surface area contributed by atoms with E-state index >= 15 is 0 Å². The number of unbranched alkanes of at least 4 members (excludes halogenated alkanes) is 50. The number of hydrogen-bond donors (Lipinski definition) is 0. The van der Waals surface area contributed by atoms with Crippen LogP contribution in [0, 0.1) is 0 Å². The molecule has 0 heterocycles. The molecule has 0 aliphatic rings. The Morgan fingerprint density at radius 3 is 0.676 bits per heavy atom. The topological polar surface area (TPSA) is 78.9 Å². The average molecular weight is 1040 g/mol. The number of allylic oxidation sites excluding steroid dienone is 2. The van der Waals surface area contributed by atoms with E-state index < -0.39 is 6.10 Å². The molecular weight excluding hydrogens is 913 g/mol. The summed E-state index contributed by atoms with van der Waals surface area (Å²) in [7, 11) is 0. The van der Waals surface area contributed by atoms with E-state index in [4.69, 9.17) is 14.2 Å². The van der Waals surface area contributed by atoms with Crippen molar-refractivity contribution in [3.63, 3.8) is 0 Å². The van der Waals surface area contributed by atoms with Crippen LogP contribution in [0.4, 0.5) is 0 Å². The summed E-state index contributed by atoms with van der Waals surface area (Å²) in [5.41, 5.74) is 0. The van der Waals surface area contributed by atoms with Crippen molar-refractivity contribution < 1.29 is 28.6 Å². The van der Waals surface area contributed by atoms with Gasteiger partial charge in [-0.1, -0.05) is 335 Å². The lowest BCUT2D eigenvalue weighted by Crippen LogP contribution is -2.30. The van der Waals surface area contributed by atoms with E-state index in [9.17, 15) is 14.4 Å². The highest BCUT2D eigenvalue weighted by Crippen LogP contribution is 2.18. The van der Waals surface area contributed by atoms with Gasteiger partial charge in [0.05, 0.1) is 0 Å². The summed E-state index contributed by atoms with van der Waals surface area (Å²) in [6.45, 7) is 6.71. The van der Waals surface area contributed by atoms with Crippen molar-refractivity contribution in [2.45, 2.75) is 393 Å². The van der Waals surface area contributed by atoms with Crippen LogP contribution in [0.25, 0.3) is 0 Å². The van der Waals surface area contributed by atoms with Crippen LogP contribution in [0.2, 0.25) is 0 Å². The monoisotopic (exact) mass is 1040 g/mol. The first-order valence-corrected chi connectivity index (χ1v) is 33.7. The van der Waals surface area contributed by atoms with E-state index in [1.54, 1.807) is 0 Å². The van der Waals surface area contributed by atoms with Crippen molar-refractivity contribution in [2.75, 3.05) is 13.2 Å². The maximum absolute atomic E-state index is 12.9. The van der Waals surface area contributed by atoms with Crippen LogP contribution in [0.15, 0.2) is 12.2 Å². The van der Waals surface area contributed by atoms with Crippen molar-refractivity contribution in [3.05, 3.63) is 12.2 Å². The van der Waals surface area contributed by atoms with Crippen molar-refractivity contribution in [1.82, 2.24) is 0 Å². The zero-order valence-corrected chi connectivity index (χ0v) is 50.4. The predicted octanol–water partition coefficient (Wildman–Crippen LogP) is 22.8. The third-order valence-corrected chi connectivity index (χ3v) is 15.5. The summed E-state index contributed by atoms with van der Waals surface area (Å²) in [6, 6.07) is 0. The van der Waals surface area contributed by atoms with Crippen molar-refractivity contribution in [3.8, 4) is 0 Å². The smallest absolute Gasteiger partial charge is 0.306 e. The van der Waals surface area contributed by atoms with E-state index in [1.807, 2.05) is 0 Å². The number of hydrogen-bond acceptors (Lipinski definition) is 6. The van der Waals surface area contributed by atoms with Gasteiger partial charge in [0.1, 0.15) is 13.2 Å². The lowest BCUT2D eigenvalue weighted by Gasteiger charge is -2.18. The van der Waals surface area contributed by atoms with Gasteiger partial charge in [-0.05, 0) is 44.9 Å². The van der Waals surface area contributed by atoms with Gasteiger partial charge in [-0.2, -0.15) is 0 Å². The first-order chi connectivity index (χ1) is 36.5. The van der Waals surface area contributed by atoms with Crippen molar-refractivity contribution in [1.29, 1.82) is 0 Å². The Hall–Kier alpha value is -1.85. The summed E-state index contributed by atoms with van der Waals surface area (Å²) in [5, 5.41) is 0. The molecule has 6 heteroatoms. The Bertz CT molecular complexity index is 1150. The standard InChI is InChI=1S/C68H130O6/c1-4-7-10-13-16-19-22-25-27-28-29-30-31-32-33-34-35-36-37-38-39-40-41-44-46-49-52-55-58-61-67(70)73-64-65(63-72-66(69)60-57-54-51-48-45-42-24-21-18-15-12-9-6-3)74-68(71)62-59-56-53-50-47-43-26-23-20-17-14-11-8-5-2/h28-29,65H,4-27,30-64H2,1-3H3/b29-28-. The fourth-order valence-corrected chi connectivity index (χ4v) is 10.4. The molecule has 0 N–H and O–H groups in total. The Kier molecular flexibility index (Phi) is 62.1. The third kappa shape index (κ3) is 61.0. The summed E-state index contributed by atoms with van der Waals surface area (Å²) in [4.78, 5) is 38.3. The highest BCUT2D eigenvalue weighted by molar-refractivity contribution is 5.71. The zero-order chi connectivity index (χ0) is 53.6. The minimum Gasteiger partial charge on any atom is -0.462 e. The fourth-order valence-electron chi connectivity index (χ4n) is 10.4. The van der Waals surface area contributed by atoms with E-state index in [2.05, 4.69) is 32.9 Å². The number of carbonyl (C=O) groups is 3. The number of ether oxygens (including phenoxy) is 3. The van der Waals surface area contributed by atoms with Gasteiger partial charge in [-0.25, -0.2) is 0 Å². The molecule has 1 atom stereocenters. The quantitative estimate of drug-likeness (QED) is 0.0261. The van der Waals surface area contributed by atoms with Gasteiger partial charge in [0.25, 0.3) is 0 Å². The second-order valence-corrected chi connectivity index (χ2v) is 23.1. The molecule has 6 nitrogen and oxygen atoms in total. The highest BCUT2D eigenvalue weighted by atomic mass is 16.6. The predicted molar refractivity (Wildman–Crippen MR) is 321 cm³/mol. The maximum atomic E-state index is 12.9. The van der Waals surface area contributed by atoms with Crippen LogP contribution < -0.4 is 0 Å². The molecule has 0 aromatic carbocycles. The van der Waals surface area contributed by atoms with Crippen molar-refractivity contribution in [2.24, 2.45) is 0 Å². The van der Waals surface area contributed by atoms with Gasteiger partial charge in [-0.3, -0.25) is 14.4 Å². The lowest BCUT2D eigenvalue weighted by atomic mass is 10.0. The Balaban J connectivity index is 4.11. The SMILES string of the molecule is CCCCCCCCCC/C=C\CCCCCCCCCCCCCCCCCCCC(=O)OCC(COC(=O)CCCCCCCCCCCCCCC)OC(=O)CCCCCCCCCCCCCCCC. The Labute approximate surface area is 462 Å². The molecule has 438 valence electrons. The molecule has 0 aliphatic heterocycles. The molecule has 0 aromatic rings. The maximum Gasteiger partial charge on any atom is 0.306 e. The van der Waals surface area contributed by atoms with E-state index in [1.165, 1.54) is 289 Å². The summed E-state index contributed by atoms with van der Waals surface area (Å²) in [6.07, 6.45) is 75.2. The molecule has 0 rings (SSSR count). The number of rotatable bonds is 63. The molecule has 1 unspecified atom stereocenters. The molecule has 0 bridgehead atoms. The first kappa shape index (κ1) is 72.2. The molecule has 0 amide bonds. The molecule has 0 radical (unpaired) electrons. The fraction of sp³-hybridized carbons (Fsp3) is 0.926. The van der Waals surface area contributed by atoms with E-state index in [0.29, 0.717) is 19.3 Å². The lowest BCUT2D eigenvalue weighted by molar-refractivity contribution is -0.167. The van der Waals surface area contributed by atoms with Crippen molar-refractivity contribution >= 4 is 17.9 Å². The van der Waals surface area contributed by atoms with E-state index in [0.717, 1.165) is 57.8 Å². The van der Waals surface area contributed by atoms with Crippen LogP contribution in [0.5, 0.6) is 0 Å². The Morgan fingerprint density at radius 1 is 0.257 bits per heavy atom. The number of carbonyl (C=O) groups excluding carboxylic acids is 3.